The van der Waals surface area contributed by atoms with Crippen molar-refractivity contribution >= 4 is 15.9 Å². The minimum Gasteiger partial charge on any atom is -0.490 e. The molecule has 0 aliphatic carbocycles. The lowest BCUT2D eigenvalue weighted by molar-refractivity contribution is -0.0456. The van der Waals surface area contributed by atoms with Crippen molar-refractivity contribution in [2.75, 3.05) is 32.9 Å². The van der Waals surface area contributed by atoms with Gasteiger partial charge in [0.25, 0.3) is 0 Å². The maximum Gasteiger partial charge on any atom is 0.139 e. The Morgan fingerprint density at radius 3 is 2.79 bits per heavy atom. The van der Waals surface area contributed by atoms with Crippen LogP contribution >= 0.6 is 15.9 Å². The largest absolute Gasteiger partial charge is 0.490 e. The third-order valence-corrected chi connectivity index (χ3v) is 4.40. The van der Waals surface area contributed by atoms with Crippen LogP contribution in [0.15, 0.2) is 16.6 Å². The number of fused-ring (bicyclic) bond motifs is 1. The molecule has 1 aromatic rings. The van der Waals surface area contributed by atoms with E-state index in [1.165, 1.54) is 0 Å². The molecule has 0 radical (unpaired) electrons. The Bertz CT molecular complexity index is 474. The van der Waals surface area contributed by atoms with E-state index in [4.69, 9.17) is 9.47 Å². The Balaban J connectivity index is 1.88. The first kappa shape index (κ1) is 13.4. The molecule has 0 unspecified atom stereocenters. The van der Waals surface area contributed by atoms with Gasteiger partial charge in [0.1, 0.15) is 18.5 Å². The van der Waals surface area contributed by atoms with Crippen LogP contribution < -0.4 is 4.74 Å². The van der Waals surface area contributed by atoms with Gasteiger partial charge in [0, 0.05) is 18.7 Å². The van der Waals surface area contributed by atoms with Crippen LogP contribution in [0.25, 0.3) is 0 Å². The summed E-state index contributed by atoms with van der Waals surface area (Å²) < 4.78 is 12.1. The van der Waals surface area contributed by atoms with Gasteiger partial charge >= 0.3 is 0 Å². The zero-order valence-corrected chi connectivity index (χ0v) is 12.5. The highest BCUT2D eigenvalue weighted by Crippen LogP contribution is 2.40. The molecule has 19 heavy (non-hydrogen) atoms. The number of benzene rings is 1. The monoisotopic (exact) mass is 327 g/mol. The molecule has 1 saturated heterocycles. The molecule has 4 nitrogen and oxygen atoms in total. The Morgan fingerprint density at radius 2 is 2.05 bits per heavy atom. The molecule has 0 saturated carbocycles. The predicted octanol–water partition coefficient (Wildman–Crippen LogP) is 1.88. The van der Waals surface area contributed by atoms with E-state index in [-0.39, 0.29) is 6.04 Å². The fraction of sp³-hybridized carbons (Fsp3) is 0.571. The van der Waals surface area contributed by atoms with Gasteiger partial charge in [-0.25, -0.2) is 0 Å². The topological polar surface area (TPSA) is 41.9 Å². The lowest BCUT2D eigenvalue weighted by Gasteiger charge is -2.40. The molecule has 3 rings (SSSR count). The highest BCUT2D eigenvalue weighted by molar-refractivity contribution is 9.10. The molecule has 0 bridgehead atoms. The third-order valence-electron chi connectivity index (χ3n) is 3.81. The molecule has 104 valence electrons. The summed E-state index contributed by atoms with van der Waals surface area (Å²) in [5, 5.41) is 10.6. The standard InChI is InChI=1S/C14H18BrNO3/c1-9-6-10-13(17)12(16-2-4-18-5-3-16)8-19-14(10)11(15)7-9/h6-7,12-13,17H,2-5,8H2,1H3/t12-,13+/m1/s1. The average molecular weight is 328 g/mol. The van der Waals surface area contributed by atoms with Gasteiger partial charge in [-0.05, 0) is 40.5 Å². The van der Waals surface area contributed by atoms with Crippen LogP contribution in [0, 0.1) is 6.92 Å². The van der Waals surface area contributed by atoms with Crippen molar-refractivity contribution in [2.45, 2.75) is 19.1 Å². The molecule has 2 aliphatic rings. The molecule has 1 fully saturated rings. The maximum atomic E-state index is 10.6. The van der Waals surface area contributed by atoms with E-state index in [0.717, 1.165) is 47.7 Å². The second-order valence-corrected chi connectivity index (χ2v) is 5.99. The van der Waals surface area contributed by atoms with Gasteiger partial charge in [-0.15, -0.1) is 0 Å². The molecule has 0 spiro atoms. The number of aliphatic hydroxyl groups excluding tert-OH is 1. The van der Waals surface area contributed by atoms with E-state index >= 15 is 0 Å². The summed E-state index contributed by atoms with van der Waals surface area (Å²) in [6.07, 6.45) is -0.502. The van der Waals surface area contributed by atoms with E-state index in [1.807, 2.05) is 19.1 Å². The molecule has 1 N–H and O–H groups in total. The van der Waals surface area contributed by atoms with Crippen LogP contribution in [0.4, 0.5) is 0 Å². The maximum absolute atomic E-state index is 10.6. The summed E-state index contributed by atoms with van der Waals surface area (Å²) in [6.45, 7) is 5.72. The highest BCUT2D eigenvalue weighted by Gasteiger charge is 2.35. The minimum absolute atomic E-state index is 0.0186. The Labute approximate surface area is 121 Å². The van der Waals surface area contributed by atoms with Gasteiger partial charge in [0.05, 0.1) is 23.7 Å². The van der Waals surface area contributed by atoms with Gasteiger partial charge in [0.2, 0.25) is 0 Å². The van der Waals surface area contributed by atoms with Crippen molar-refractivity contribution in [1.29, 1.82) is 0 Å². The number of hydrogen-bond donors (Lipinski definition) is 1. The molecule has 0 amide bonds. The van der Waals surface area contributed by atoms with Crippen LogP contribution in [-0.4, -0.2) is 49.0 Å². The quantitative estimate of drug-likeness (QED) is 0.855. The molecule has 2 atom stereocenters. The first-order chi connectivity index (χ1) is 9.16. The van der Waals surface area contributed by atoms with Gasteiger partial charge in [-0.1, -0.05) is 0 Å². The van der Waals surface area contributed by atoms with Crippen molar-refractivity contribution in [3.05, 3.63) is 27.7 Å². The lowest BCUT2D eigenvalue weighted by Crippen LogP contribution is -2.50. The van der Waals surface area contributed by atoms with Crippen molar-refractivity contribution < 1.29 is 14.6 Å². The number of morpholine rings is 1. The third kappa shape index (κ3) is 2.52. The van der Waals surface area contributed by atoms with Gasteiger partial charge in [-0.2, -0.15) is 0 Å². The van der Waals surface area contributed by atoms with E-state index in [1.54, 1.807) is 0 Å². The van der Waals surface area contributed by atoms with Crippen molar-refractivity contribution in [3.8, 4) is 5.75 Å². The first-order valence-corrected chi connectivity index (χ1v) is 7.39. The molecule has 1 aromatic carbocycles. The summed E-state index contributed by atoms with van der Waals surface area (Å²) in [4.78, 5) is 2.26. The highest BCUT2D eigenvalue weighted by atomic mass is 79.9. The Kier molecular flexibility index (Phi) is 3.80. The number of ether oxygens (including phenoxy) is 2. The second kappa shape index (κ2) is 5.40. The summed E-state index contributed by atoms with van der Waals surface area (Å²) in [5.41, 5.74) is 2.01. The zero-order valence-electron chi connectivity index (χ0n) is 10.9. The number of halogens is 1. The van der Waals surface area contributed by atoms with Crippen LogP contribution in [-0.2, 0) is 4.74 Å². The Morgan fingerprint density at radius 1 is 1.32 bits per heavy atom. The van der Waals surface area contributed by atoms with Crippen molar-refractivity contribution in [3.63, 3.8) is 0 Å². The van der Waals surface area contributed by atoms with E-state index in [9.17, 15) is 5.11 Å². The van der Waals surface area contributed by atoms with Crippen LogP contribution in [0.3, 0.4) is 0 Å². The number of rotatable bonds is 1. The molecule has 0 aromatic heterocycles. The summed E-state index contributed by atoms with van der Waals surface area (Å²) in [6, 6.07) is 4.04. The summed E-state index contributed by atoms with van der Waals surface area (Å²) >= 11 is 3.51. The normalized spacial score (nSPS) is 27.7. The lowest BCUT2D eigenvalue weighted by atomic mass is 9.96. The molecule has 2 aliphatic heterocycles. The summed E-state index contributed by atoms with van der Waals surface area (Å²) in [7, 11) is 0. The molecular formula is C14H18BrNO3. The van der Waals surface area contributed by atoms with Crippen LogP contribution in [0.1, 0.15) is 17.2 Å². The van der Waals surface area contributed by atoms with Gasteiger partial charge < -0.3 is 14.6 Å². The average Bonchev–Trinajstić information content (AvgIpc) is 2.41. The van der Waals surface area contributed by atoms with Crippen molar-refractivity contribution in [1.82, 2.24) is 4.90 Å². The van der Waals surface area contributed by atoms with E-state index < -0.39 is 6.10 Å². The smallest absolute Gasteiger partial charge is 0.139 e. The Hall–Kier alpha value is -0.620. The van der Waals surface area contributed by atoms with Crippen LogP contribution in [0.2, 0.25) is 0 Å². The number of nitrogens with zero attached hydrogens (tertiary/aromatic N) is 1. The number of aliphatic hydroxyl groups is 1. The number of aryl methyl sites for hydroxylation is 1. The van der Waals surface area contributed by atoms with Crippen LogP contribution in [0.5, 0.6) is 5.75 Å². The molecule has 5 heteroatoms. The van der Waals surface area contributed by atoms with Crippen molar-refractivity contribution in [2.24, 2.45) is 0 Å². The van der Waals surface area contributed by atoms with Gasteiger partial charge in [-0.3, -0.25) is 4.90 Å². The van der Waals surface area contributed by atoms with Gasteiger partial charge in [0.15, 0.2) is 0 Å². The van der Waals surface area contributed by atoms with E-state index in [2.05, 4.69) is 20.8 Å². The van der Waals surface area contributed by atoms with E-state index in [0.29, 0.717) is 6.61 Å². The minimum atomic E-state index is -0.502. The fourth-order valence-electron chi connectivity index (χ4n) is 2.81. The number of hydrogen-bond acceptors (Lipinski definition) is 4. The molecule has 2 heterocycles. The predicted molar refractivity (Wildman–Crippen MR) is 75.5 cm³/mol. The summed E-state index contributed by atoms with van der Waals surface area (Å²) in [5.74, 6) is 0.780. The SMILES string of the molecule is Cc1cc(Br)c2c(c1)[C@H](O)[C@H](N1CCOCC1)CO2. The zero-order chi connectivity index (χ0) is 13.4. The first-order valence-electron chi connectivity index (χ1n) is 6.59. The fourth-order valence-corrected chi connectivity index (χ4v) is 3.51. The molecular weight excluding hydrogens is 310 g/mol. The second-order valence-electron chi connectivity index (χ2n) is 5.14.